The topological polar surface area (TPSA) is 40.5 Å². The van der Waals surface area contributed by atoms with Gasteiger partial charge in [-0.15, -0.1) is 0 Å². The molecule has 0 aliphatic carbocycles. The van der Waals surface area contributed by atoms with Crippen molar-refractivity contribution in [3.8, 4) is 0 Å². The van der Waals surface area contributed by atoms with E-state index < -0.39 is 0 Å². The Morgan fingerprint density at radius 2 is 0.865 bits per heavy atom. The van der Waals surface area contributed by atoms with E-state index in [1.165, 1.54) is 103 Å². The summed E-state index contributed by atoms with van der Waals surface area (Å²) in [4.78, 5) is 0. The van der Waals surface area contributed by atoms with Gasteiger partial charge in [-0.2, -0.15) is 0 Å². The number of aliphatic hydroxyl groups excluding tert-OH is 2. The molecule has 0 aromatic carbocycles. The molecule has 0 saturated carbocycles. The fraction of sp³-hybridized carbons (Fsp3) is 0.939. The van der Waals surface area contributed by atoms with Crippen LogP contribution in [-0.4, -0.2) is 20.3 Å². The molecule has 2 N–H and O–H groups in total. The Kier molecular flexibility index (Phi) is 24.6. The molecule has 3 atom stereocenters. The van der Waals surface area contributed by atoms with Crippen LogP contribution < -0.4 is 0 Å². The third-order valence-electron chi connectivity index (χ3n) is 8.69. The van der Waals surface area contributed by atoms with E-state index in [0.717, 1.165) is 31.1 Å². The van der Waals surface area contributed by atoms with Crippen LogP contribution in [0.5, 0.6) is 0 Å². The van der Waals surface area contributed by atoms with Crippen molar-refractivity contribution in [2.75, 3.05) is 0 Å². The lowest BCUT2D eigenvalue weighted by molar-refractivity contribution is 0.246. The van der Waals surface area contributed by atoms with Crippen LogP contribution in [0.1, 0.15) is 169 Å². The Balaban J connectivity index is 4.98. The summed E-state index contributed by atoms with van der Waals surface area (Å²) in [6, 6.07) is 0. The first-order chi connectivity index (χ1) is 17.8. The minimum atomic E-state index is 0.161. The molecule has 0 aliphatic heterocycles. The molecule has 0 aromatic rings. The predicted molar refractivity (Wildman–Crippen MR) is 173 cm³/mol. The summed E-state index contributed by atoms with van der Waals surface area (Å²) in [6.45, 7) is 11.5. The third kappa shape index (κ3) is 21.3. The van der Waals surface area contributed by atoms with E-state index in [0.29, 0.717) is 30.6 Å². The van der Waals surface area contributed by atoms with Crippen molar-refractivity contribution in [2.45, 2.75) is 169 Å². The first-order valence-electron chi connectivity index (χ1n) is 16.2. The number of hydrogen-bond donors (Lipinski definition) is 2. The second kappa shape index (κ2) is 24.8. The smallest absolute Gasteiger partial charge is 0.156 e. The van der Waals surface area contributed by atoms with E-state index >= 15 is 0 Å². The maximum absolute atomic E-state index is 10.0. The average Bonchev–Trinajstić information content (AvgIpc) is 2.85. The van der Waals surface area contributed by atoms with Gasteiger partial charge in [-0.05, 0) is 73.3 Å². The normalized spacial score (nSPS) is 14.2. The van der Waals surface area contributed by atoms with E-state index in [-0.39, 0.29) is 10.1 Å². The Bertz CT molecular complexity index is 534. The van der Waals surface area contributed by atoms with E-state index in [9.17, 15) is 10.2 Å². The first kappa shape index (κ1) is 36.8. The standard InChI is InChI=1S/C33H64O2S2/c1-6-10-16-28(17-11-7-2)20-14-22-30(25-32(34)36)24-27(5)31(26-33(35)37)23-15-21-29(18-12-8-3)19-13-9-4/h27-31H,6-26H2,1-5H3,(H,34,36)(H,35,37). The molecule has 0 saturated heterocycles. The molecular formula is C33H64O2S2. The Labute approximate surface area is 243 Å². The molecule has 4 heteroatoms. The molecule has 0 amide bonds. The zero-order valence-electron chi connectivity index (χ0n) is 25.4. The lowest BCUT2D eigenvalue weighted by atomic mass is 9.78. The number of aliphatic hydroxyl groups is 2. The fourth-order valence-corrected chi connectivity index (χ4v) is 6.73. The van der Waals surface area contributed by atoms with Crippen LogP contribution in [0.25, 0.3) is 0 Å². The summed E-state index contributed by atoms with van der Waals surface area (Å²) < 4.78 is 0. The fourth-order valence-electron chi connectivity index (χ4n) is 6.28. The van der Waals surface area contributed by atoms with Crippen molar-refractivity contribution in [1.82, 2.24) is 0 Å². The highest BCUT2D eigenvalue weighted by Gasteiger charge is 2.24. The molecule has 0 aromatic heterocycles. The van der Waals surface area contributed by atoms with Gasteiger partial charge in [0.25, 0.3) is 0 Å². The molecule has 0 radical (unpaired) electrons. The van der Waals surface area contributed by atoms with Gasteiger partial charge in [0.15, 0.2) is 10.1 Å². The molecule has 37 heavy (non-hydrogen) atoms. The van der Waals surface area contributed by atoms with Crippen molar-refractivity contribution < 1.29 is 10.2 Å². The van der Waals surface area contributed by atoms with Crippen LogP contribution in [0.15, 0.2) is 0 Å². The summed E-state index contributed by atoms with van der Waals surface area (Å²) in [5.41, 5.74) is 0. The van der Waals surface area contributed by atoms with E-state index in [1.54, 1.807) is 0 Å². The second-order valence-corrected chi connectivity index (χ2v) is 13.1. The predicted octanol–water partition coefficient (Wildman–Crippen LogP) is 12.1. The molecule has 0 bridgehead atoms. The van der Waals surface area contributed by atoms with Gasteiger partial charge in [-0.1, -0.05) is 137 Å². The molecule has 0 rings (SSSR count). The monoisotopic (exact) mass is 556 g/mol. The quantitative estimate of drug-likeness (QED) is 0.0987. The van der Waals surface area contributed by atoms with Gasteiger partial charge < -0.3 is 10.2 Å². The van der Waals surface area contributed by atoms with Crippen LogP contribution in [0.2, 0.25) is 0 Å². The third-order valence-corrected chi connectivity index (χ3v) is 9.02. The Morgan fingerprint density at radius 3 is 1.24 bits per heavy atom. The summed E-state index contributed by atoms with van der Waals surface area (Å²) >= 11 is 10.3. The minimum absolute atomic E-state index is 0.161. The average molecular weight is 557 g/mol. The summed E-state index contributed by atoms with van der Waals surface area (Å²) in [5, 5.41) is 20.3. The first-order valence-corrected chi connectivity index (χ1v) is 17.0. The van der Waals surface area contributed by atoms with Gasteiger partial charge >= 0.3 is 0 Å². The van der Waals surface area contributed by atoms with Crippen LogP contribution in [0.4, 0.5) is 0 Å². The zero-order chi connectivity index (χ0) is 27.9. The van der Waals surface area contributed by atoms with Crippen LogP contribution in [0.3, 0.4) is 0 Å². The van der Waals surface area contributed by atoms with Gasteiger partial charge in [0, 0.05) is 12.8 Å². The Hall–Kier alpha value is -0.220. The second-order valence-electron chi connectivity index (χ2n) is 12.2. The lowest BCUT2D eigenvalue weighted by Crippen LogP contribution is -2.20. The lowest BCUT2D eigenvalue weighted by Gasteiger charge is -2.28. The zero-order valence-corrected chi connectivity index (χ0v) is 27.1. The van der Waals surface area contributed by atoms with Crippen molar-refractivity contribution in [2.24, 2.45) is 29.6 Å². The van der Waals surface area contributed by atoms with E-state index in [2.05, 4.69) is 34.6 Å². The number of unbranched alkanes of at least 4 members (excludes halogenated alkanes) is 4. The van der Waals surface area contributed by atoms with Crippen molar-refractivity contribution in [3.63, 3.8) is 0 Å². The highest BCUT2D eigenvalue weighted by Crippen LogP contribution is 2.33. The van der Waals surface area contributed by atoms with Crippen molar-refractivity contribution in [1.29, 1.82) is 0 Å². The summed E-state index contributed by atoms with van der Waals surface area (Å²) in [7, 11) is 0. The maximum atomic E-state index is 10.0. The summed E-state index contributed by atoms with van der Waals surface area (Å²) in [6.07, 6.45) is 25.7. The van der Waals surface area contributed by atoms with Gasteiger partial charge in [0.05, 0.1) is 0 Å². The van der Waals surface area contributed by atoms with Crippen molar-refractivity contribution >= 4 is 34.5 Å². The number of thiocarbonyl (C=S) groups is 2. The molecule has 0 aliphatic rings. The van der Waals surface area contributed by atoms with E-state index in [1.807, 2.05) is 0 Å². The van der Waals surface area contributed by atoms with Crippen LogP contribution >= 0.6 is 24.4 Å². The SMILES string of the molecule is CCCCC(CCCC)CCCC(CC(O)=S)CC(C)C(CCCC(CCCC)CCCC)CC(O)=S. The van der Waals surface area contributed by atoms with Gasteiger partial charge in [0.2, 0.25) is 0 Å². The number of hydrogen-bond acceptors (Lipinski definition) is 2. The molecule has 0 fully saturated rings. The molecule has 0 heterocycles. The molecule has 3 unspecified atom stereocenters. The van der Waals surface area contributed by atoms with E-state index in [4.69, 9.17) is 24.4 Å². The largest absolute Gasteiger partial charge is 0.502 e. The minimum Gasteiger partial charge on any atom is -0.502 e. The highest BCUT2D eigenvalue weighted by molar-refractivity contribution is 7.80. The highest BCUT2D eigenvalue weighted by atomic mass is 32.1. The molecular weight excluding hydrogens is 492 g/mol. The van der Waals surface area contributed by atoms with Gasteiger partial charge in [0.1, 0.15) is 0 Å². The molecule has 0 spiro atoms. The summed E-state index contributed by atoms with van der Waals surface area (Å²) in [5.74, 6) is 3.04. The molecule has 220 valence electrons. The van der Waals surface area contributed by atoms with Crippen LogP contribution in [-0.2, 0) is 0 Å². The van der Waals surface area contributed by atoms with Gasteiger partial charge in [-0.3, -0.25) is 0 Å². The van der Waals surface area contributed by atoms with Crippen LogP contribution in [0, 0.1) is 29.6 Å². The number of rotatable bonds is 27. The maximum Gasteiger partial charge on any atom is 0.156 e. The van der Waals surface area contributed by atoms with Crippen molar-refractivity contribution in [3.05, 3.63) is 0 Å². The van der Waals surface area contributed by atoms with Gasteiger partial charge in [-0.25, -0.2) is 0 Å². The molecule has 2 nitrogen and oxygen atoms in total. The Morgan fingerprint density at radius 1 is 0.514 bits per heavy atom.